The molecule has 36 heteroatoms. The molecule has 1 aromatic carbocycles. The Hall–Kier alpha value is -7.12. The number of benzene rings is 1. The smallest absolute Gasteiger partial charge is 0.246 e. The molecular weight excluding hydrogens is 1270 g/mol. The lowest BCUT2D eigenvalue weighted by molar-refractivity contribution is -0.143. The van der Waals surface area contributed by atoms with Crippen LogP contribution in [0, 0.1) is 5.92 Å². The topological polar surface area (TPSA) is 510 Å². The van der Waals surface area contributed by atoms with E-state index >= 15 is 0 Å². The summed E-state index contributed by atoms with van der Waals surface area (Å²) < 4.78 is 0. The highest BCUT2D eigenvalue weighted by Gasteiger charge is 2.42. The summed E-state index contributed by atoms with van der Waals surface area (Å²) in [6, 6.07) is -9.74. The summed E-state index contributed by atoms with van der Waals surface area (Å²) in [7, 11) is 2.45. The standard InChI is InChI=1S/C55H86N16O16S4/c1-4-27(2)43(58)54(86)69-38-26-91-90-25-37(68-51(38)83)50(82)64-33(20-41(57)74)55(87)71-18-8-11-40(71)52(84)61-28(3)45(77)67-36(24-89)46(78)60-21-42(75)70-17-7-10-39(70)53(85)62-31(9-5-6-16-56)47(79)63-32(19-29-12-14-30(73)15-13-29)48(80)65-34(22-72)49(81)66-35(23-88)44(59)76/h12-15,27-28,31-40,43,72-73,88-89H,4-11,16-26,56,58H2,1-3H3,(H2,57,74)(H2,59,76)(H,60,78)(H,61,84)(H,62,85)(H,63,79)(H,64,82)(H,65,80)(H,66,81)(H,67,77)(H,68,83)(H,69,86)/t27-,28-,31-,32-,33-,34-,35-,36-,37-,38-,39-,40-,43-/m0/s1. The van der Waals surface area contributed by atoms with Gasteiger partial charge in [0.1, 0.15) is 72.2 Å². The van der Waals surface area contributed by atoms with Crippen molar-refractivity contribution in [3.8, 4) is 5.75 Å². The number of aliphatic hydroxyl groups is 1. The van der Waals surface area contributed by atoms with Crippen LogP contribution in [0.25, 0.3) is 0 Å². The number of unbranched alkanes of at least 4 members (excludes halogenated alkanes) is 1. The lowest BCUT2D eigenvalue weighted by atomic mass is 9.99. The monoisotopic (exact) mass is 1350 g/mol. The third-order valence-electron chi connectivity index (χ3n) is 15.3. The van der Waals surface area contributed by atoms with Crippen molar-refractivity contribution < 1.29 is 77.3 Å². The number of carbonyl (C=O) groups excluding carboxylic acids is 14. The number of nitrogens with one attached hydrogen (secondary N) is 10. The van der Waals surface area contributed by atoms with Gasteiger partial charge in [-0.05, 0) is 82.0 Å². The third-order valence-corrected chi connectivity index (χ3v) is 18.5. The lowest BCUT2D eigenvalue weighted by Crippen LogP contribution is -2.61. The summed E-state index contributed by atoms with van der Waals surface area (Å²) in [6.07, 6.45) is 1.42. The van der Waals surface area contributed by atoms with E-state index in [2.05, 4.69) is 78.4 Å². The Morgan fingerprint density at radius 1 is 0.681 bits per heavy atom. The first-order valence-electron chi connectivity index (χ1n) is 29.7. The van der Waals surface area contributed by atoms with Crippen LogP contribution in [0.3, 0.4) is 0 Å². The van der Waals surface area contributed by atoms with E-state index in [1.165, 1.54) is 57.7 Å². The van der Waals surface area contributed by atoms with Gasteiger partial charge in [0.15, 0.2) is 0 Å². The molecule has 0 spiro atoms. The predicted molar refractivity (Wildman–Crippen MR) is 340 cm³/mol. The summed E-state index contributed by atoms with van der Waals surface area (Å²) in [5.74, 6) is -12.1. The number of aromatic hydroxyl groups is 1. The highest BCUT2D eigenvalue weighted by molar-refractivity contribution is 8.76. The SMILES string of the molecule is CC[C@H](C)[C@H](N)C(=O)N[C@H]1CSSC[C@@H](C(=O)N[C@@H](CC(N)=O)C(=O)N2CCC[C@H]2C(=O)N[C@@H](C)C(=O)N[C@@H](CS)C(=O)NCC(=O)N2CCC[C@H]2C(=O)N[C@@H](CCCCN)C(=O)N[C@@H](Cc2ccc(O)cc2)C(=O)N[C@@H](CO)C(=O)N[C@@H](CS)C(N)=O)NC1=O. The Kier molecular flexibility index (Phi) is 31.9. The van der Waals surface area contributed by atoms with Crippen molar-refractivity contribution >= 4 is 130 Å². The molecule has 3 saturated heterocycles. The van der Waals surface area contributed by atoms with E-state index in [0.29, 0.717) is 37.7 Å². The number of likely N-dealkylation sites (tertiary alicyclic amines) is 2. The minimum absolute atomic E-state index is 0.0112. The fourth-order valence-corrected chi connectivity index (χ4v) is 12.6. The highest BCUT2D eigenvalue weighted by atomic mass is 33.1. The van der Waals surface area contributed by atoms with Gasteiger partial charge in [0.05, 0.1) is 25.6 Å². The molecule has 4 rings (SSSR count). The number of aliphatic hydroxyl groups excluding tert-OH is 1. The van der Waals surface area contributed by atoms with E-state index in [4.69, 9.17) is 22.9 Å². The molecule has 0 aromatic heterocycles. The molecule has 13 atom stereocenters. The molecule has 506 valence electrons. The maximum absolute atomic E-state index is 14.1. The molecule has 3 fully saturated rings. The zero-order valence-corrected chi connectivity index (χ0v) is 54.2. The zero-order valence-electron chi connectivity index (χ0n) is 50.8. The van der Waals surface area contributed by atoms with Crippen LogP contribution in [-0.2, 0) is 73.5 Å². The van der Waals surface area contributed by atoms with E-state index in [0.717, 1.165) is 4.90 Å². The Labute approximate surface area is 544 Å². The number of carbonyl (C=O) groups is 14. The van der Waals surface area contributed by atoms with Crippen LogP contribution in [0.1, 0.15) is 84.1 Å². The molecule has 0 saturated carbocycles. The maximum Gasteiger partial charge on any atom is 0.246 e. The number of phenols is 1. The average Bonchev–Trinajstić information content (AvgIpc) is 1.86. The molecular formula is C55H86N16O16S4. The summed E-state index contributed by atoms with van der Waals surface area (Å²) in [5.41, 5.74) is 23.0. The molecule has 0 bridgehead atoms. The van der Waals surface area contributed by atoms with Gasteiger partial charge in [0.25, 0.3) is 0 Å². The highest BCUT2D eigenvalue weighted by Crippen LogP contribution is 2.26. The Morgan fingerprint density at radius 2 is 1.24 bits per heavy atom. The Balaban J connectivity index is 1.36. The van der Waals surface area contributed by atoms with Gasteiger partial charge < -0.3 is 96.1 Å². The number of rotatable bonds is 34. The molecule has 20 N–H and O–H groups in total. The number of hydrogen-bond donors (Lipinski definition) is 18. The van der Waals surface area contributed by atoms with Gasteiger partial charge in [-0.25, -0.2) is 0 Å². The second-order valence-corrected chi connectivity index (χ2v) is 25.4. The number of amides is 14. The summed E-state index contributed by atoms with van der Waals surface area (Å²) in [6.45, 7) is 3.70. The molecule has 91 heavy (non-hydrogen) atoms. The summed E-state index contributed by atoms with van der Waals surface area (Å²) in [4.78, 5) is 190. The molecule has 0 radical (unpaired) electrons. The second-order valence-electron chi connectivity index (χ2n) is 22.1. The average molecular weight is 1360 g/mol. The van der Waals surface area contributed by atoms with Crippen molar-refractivity contribution in [1.82, 2.24) is 63.0 Å². The van der Waals surface area contributed by atoms with Gasteiger partial charge in [-0.15, -0.1) is 0 Å². The third kappa shape index (κ3) is 23.5. The van der Waals surface area contributed by atoms with E-state index in [1.54, 1.807) is 6.92 Å². The van der Waals surface area contributed by atoms with Gasteiger partial charge in [-0.3, -0.25) is 67.1 Å². The van der Waals surface area contributed by atoms with E-state index in [1.807, 2.05) is 6.92 Å². The van der Waals surface area contributed by atoms with E-state index < -0.39 is 175 Å². The van der Waals surface area contributed by atoms with Gasteiger partial charge >= 0.3 is 0 Å². The molecule has 1 aromatic rings. The number of nitrogens with zero attached hydrogens (tertiary/aromatic N) is 2. The zero-order chi connectivity index (χ0) is 67.6. The first-order valence-corrected chi connectivity index (χ1v) is 33.4. The van der Waals surface area contributed by atoms with Gasteiger partial charge in [-0.1, -0.05) is 54.0 Å². The van der Waals surface area contributed by atoms with Crippen LogP contribution in [0.2, 0.25) is 0 Å². The predicted octanol–water partition coefficient (Wildman–Crippen LogP) is -6.47. The Bertz CT molecular complexity index is 2780. The van der Waals surface area contributed by atoms with Crippen molar-refractivity contribution in [1.29, 1.82) is 0 Å². The van der Waals surface area contributed by atoms with Crippen LogP contribution >= 0.6 is 46.8 Å². The molecule has 3 heterocycles. The van der Waals surface area contributed by atoms with Crippen molar-refractivity contribution in [3.05, 3.63) is 29.8 Å². The second kappa shape index (κ2) is 38.0. The molecule has 3 aliphatic rings. The van der Waals surface area contributed by atoms with Crippen molar-refractivity contribution in [3.63, 3.8) is 0 Å². The van der Waals surface area contributed by atoms with Gasteiger partial charge in [0.2, 0.25) is 82.7 Å². The lowest BCUT2D eigenvalue weighted by Gasteiger charge is -2.31. The number of phenolic OH excluding ortho intramolecular Hbond substituents is 1. The molecule has 14 amide bonds. The van der Waals surface area contributed by atoms with Crippen LogP contribution in [0.15, 0.2) is 24.3 Å². The van der Waals surface area contributed by atoms with Crippen molar-refractivity contribution in [2.45, 2.75) is 157 Å². The number of nitrogens with two attached hydrogens (primary N) is 4. The summed E-state index contributed by atoms with van der Waals surface area (Å²) >= 11 is 8.19. The van der Waals surface area contributed by atoms with Crippen molar-refractivity contribution in [2.24, 2.45) is 28.9 Å². The molecule has 3 aliphatic heterocycles. The molecule has 0 unspecified atom stereocenters. The fourth-order valence-electron chi connectivity index (χ4n) is 9.74. The van der Waals surface area contributed by atoms with E-state index in [9.17, 15) is 77.3 Å². The first kappa shape index (κ1) is 76.3. The van der Waals surface area contributed by atoms with Gasteiger partial charge in [-0.2, -0.15) is 25.3 Å². The number of primary amides is 2. The van der Waals surface area contributed by atoms with Crippen LogP contribution < -0.4 is 76.1 Å². The van der Waals surface area contributed by atoms with Crippen LogP contribution in [0.5, 0.6) is 5.75 Å². The van der Waals surface area contributed by atoms with Crippen LogP contribution in [0.4, 0.5) is 0 Å². The largest absolute Gasteiger partial charge is 0.508 e. The Morgan fingerprint density at radius 3 is 1.85 bits per heavy atom. The van der Waals surface area contributed by atoms with Gasteiger partial charge in [0, 0.05) is 42.5 Å². The minimum Gasteiger partial charge on any atom is -0.508 e. The number of hydrogen-bond acceptors (Lipinski definition) is 22. The molecule has 0 aliphatic carbocycles. The first-order chi connectivity index (χ1) is 43.2. The van der Waals surface area contributed by atoms with E-state index in [-0.39, 0.29) is 80.0 Å². The van der Waals surface area contributed by atoms with Crippen LogP contribution in [-0.4, -0.2) is 231 Å². The fraction of sp³-hybridized carbons (Fsp3) is 0.636. The quantitative estimate of drug-likeness (QED) is 0.0173. The molecule has 32 nitrogen and oxygen atoms in total. The minimum atomic E-state index is -1.62. The normalized spacial score (nSPS) is 20.3. The number of thiol groups is 2. The summed E-state index contributed by atoms with van der Waals surface area (Å²) in [5, 5.41) is 45.0. The maximum atomic E-state index is 14.1. The van der Waals surface area contributed by atoms with Crippen molar-refractivity contribution in [2.75, 3.05) is 55.8 Å².